The van der Waals surface area contributed by atoms with Crippen molar-refractivity contribution < 1.29 is 9.53 Å². The summed E-state index contributed by atoms with van der Waals surface area (Å²) in [5, 5.41) is 2.85. The number of carbonyl (C=O) groups excluding carboxylic acids is 1. The number of likely N-dealkylation sites (N-methyl/N-ethyl adjacent to an activating group) is 1. The van der Waals surface area contributed by atoms with Gasteiger partial charge in [0.15, 0.2) is 0 Å². The predicted molar refractivity (Wildman–Crippen MR) is 51.3 cm³/mol. The van der Waals surface area contributed by atoms with Crippen molar-refractivity contribution >= 4 is 18.6 Å². The predicted octanol–water partition coefficient (Wildman–Crippen LogP) is -0.604. The Labute approximate surface area is 78.2 Å². The van der Waals surface area contributed by atoms with Gasteiger partial charge in [-0.1, -0.05) is 0 Å². The summed E-state index contributed by atoms with van der Waals surface area (Å²) in [5.74, 6) is 0.403. The maximum Gasteiger partial charge on any atom is 0.323 e. The number of rotatable bonds is 6. The molecule has 0 aliphatic carbocycles. The van der Waals surface area contributed by atoms with Crippen molar-refractivity contribution in [1.29, 1.82) is 0 Å². The molecule has 0 saturated carbocycles. The zero-order chi connectivity index (χ0) is 9.40. The fourth-order valence-electron chi connectivity index (χ4n) is 0.769. The van der Waals surface area contributed by atoms with Gasteiger partial charge in [-0.15, -0.1) is 0 Å². The van der Waals surface area contributed by atoms with E-state index in [-0.39, 0.29) is 18.6 Å². The van der Waals surface area contributed by atoms with Crippen LogP contribution in [0.2, 0.25) is 0 Å². The summed E-state index contributed by atoms with van der Waals surface area (Å²) in [4.78, 5) is 11.1. The molecular formula is C7H16N2O2S. The van der Waals surface area contributed by atoms with Crippen LogP contribution in [0.5, 0.6) is 0 Å². The van der Waals surface area contributed by atoms with Crippen molar-refractivity contribution in [2.75, 3.05) is 26.0 Å². The lowest BCUT2D eigenvalue weighted by molar-refractivity contribution is -0.145. The minimum absolute atomic E-state index is 0.253. The van der Waals surface area contributed by atoms with E-state index in [9.17, 15) is 4.79 Å². The van der Waals surface area contributed by atoms with E-state index in [4.69, 9.17) is 10.5 Å². The van der Waals surface area contributed by atoms with Crippen LogP contribution < -0.4 is 11.1 Å². The molecule has 0 radical (unpaired) electrons. The van der Waals surface area contributed by atoms with Crippen LogP contribution in [0.25, 0.3) is 0 Å². The molecule has 1 atom stereocenters. The molecule has 72 valence electrons. The van der Waals surface area contributed by atoms with Gasteiger partial charge < -0.3 is 15.8 Å². The molecule has 0 aromatic carbocycles. The molecule has 12 heavy (non-hydrogen) atoms. The normalized spacial score (nSPS) is 12.6. The van der Waals surface area contributed by atoms with Crippen LogP contribution in [-0.4, -0.2) is 38.0 Å². The smallest absolute Gasteiger partial charge is 0.323 e. The number of hydrogen-bond acceptors (Lipinski definition) is 5. The van der Waals surface area contributed by atoms with Crippen molar-refractivity contribution in [2.45, 2.75) is 12.5 Å². The van der Waals surface area contributed by atoms with E-state index < -0.39 is 0 Å². The van der Waals surface area contributed by atoms with Crippen molar-refractivity contribution in [1.82, 2.24) is 5.32 Å². The first-order chi connectivity index (χ1) is 5.76. The van der Waals surface area contributed by atoms with Gasteiger partial charge in [-0.05, 0) is 19.2 Å². The summed E-state index contributed by atoms with van der Waals surface area (Å²) in [6.45, 7) is 0.645. The summed E-state index contributed by atoms with van der Waals surface area (Å²) in [6, 6.07) is -0.256. The van der Waals surface area contributed by atoms with Gasteiger partial charge in [-0.2, -0.15) is 12.6 Å². The number of nitrogens with one attached hydrogen (secondary N) is 1. The molecule has 0 saturated heterocycles. The van der Waals surface area contributed by atoms with Gasteiger partial charge in [-0.25, -0.2) is 0 Å². The van der Waals surface area contributed by atoms with Gasteiger partial charge in [0, 0.05) is 6.54 Å². The van der Waals surface area contributed by atoms with E-state index in [1.807, 2.05) is 0 Å². The molecule has 0 amide bonds. The summed E-state index contributed by atoms with van der Waals surface area (Å²) in [6.07, 6.45) is 0.670. The van der Waals surface area contributed by atoms with Gasteiger partial charge in [-0.3, -0.25) is 4.79 Å². The van der Waals surface area contributed by atoms with Crippen molar-refractivity contribution in [3.05, 3.63) is 0 Å². The number of hydrogen-bond donors (Lipinski definition) is 3. The molecule has 0 aliphatic heterocycles. The molecule has 0 bridgehead atoms. The number of thiol groups is 1. The van der Waals surface area contributed by atoms with Gasteiger partial charge in [0.1, 0.15) is 12.6 Å². The lowest BCUT2D eigenvalue weighted by atomic mass is 10.2. The Morgan fingerprint density at radius 3 is 2.83 bits per heavy atom. The summed E-state index contributed by atoms with van der Waals surface area (Å²) in [7, 11) is 1.72. The number of nitrogens with two attached hydrogens (primary N) is 1. The van der Waals surface area contributed by atoms with E-state index in [1.165, 1.54) is 0 Å². The van der Waals surface area contributed by atoms with Crippen LogP contribution in [0.15, 0.2) is 0 Å². The van der Waals surface area contributed by atoms with Crippen molar-refractivity contribution in [3.63, 3.8) is 0 Å². The molecule has 0 aromatic rings. The monoisotopic (exact) mass is 192 g/mol. The molecule has 0 fully saturated rings. The zero-order valence-electron chi connectivity index (χ0n) is 7.25. The quantitative estimate of drug-likeness (QED) is 0.388. The average Bonchev–Trinajstić information content (AvgIpc) is 2.10. The van der Waals surface area contributed by atoms with Crippen molar-refractivity contribution in [3.8, 4) is 0 Å². The molecule has 5 heteroatoms. The summed E-state index contributed by atoms with van der Waals surface area (Å²) in [5.41, 5.74) is 5.18. The van der Waals surface area contributed by atoms with E-state index in [0.29, 0.717) is 18.7 Å². The first kappa shape index (κ1) is 11.7. The topological polar surface area (TPSA) is 64.3 Å². The summed E-state index contributed by atoms with van der Waals surface area (Å²) >= 11 is 4.03. The van der Waals surface area contributed by atoms with Crippen LogP contribution in [0.4, 0.5) is 0 Å². The Kier molecular flexibility index (Phi) is 7.23. The number of ether oxygens (including phenoxy) is 1. The third-order valence-corrected chi connectivity index (χ3v) is 1.67. The molecule has 0 aromatic heterocycles. The van der Waals surface area contributed by atoms with E-state index >= 15 is 0 Å². The molecule has 4 nitrogen and oxygen atoms in total. The highest BCUT2D eigenvalue weighted by Crippen LogP contribution is 1.96. The lowest BCUT2D eigenvalue weighted by Crippen LogP contribution is -2.36. The third kappa shape index (κ3) is 4.58. The second-order valence-corrected chi connectivity index (χ2v) is 2.76. The van der Waals surface area contributed by atoms with Crippen LogP contribution in [0, 0.1) is 0 Å². The molecule has 1 unspecified atom stereocenters. The van der Waals surface area contributed by atoms with E-state index in [0.717, 1.165) is 0 Å². The fourth-order valence-corrected chi connectivity index (χ4v) is 1.03. The maximum absolute atomic E-state index is 11.1. The summed E-state index contributed by atoms with van der Waals surface area (Å²) < 4.78 is 4.84. The minimum atomic E-state index is -0.256. The molecule has 0 heterocycles. The Morgan fingerprint density at radius 2 is 2.42 bits per heavy atom. The van der Waals surface area contributed by atoms with Gasteiger partial charge in [0.25, 0.3) is 0 Å². The third-order valence-electron chi connectivity index (χ3n) is 1.41. The van der Waals surface area contributed by atoms with E-state index in [2.05, 4.69) is 17.9 Å². The maximum atomic E-state index is 11.1. The average molecular weight is 192 g/mol. The highest BCUT2D eigenvalue weighted by Gasteiger charge is 2.15. The second-order valence-electron chi connectivity index (χ2n) is 2.31. The highest BCUT2D eigenvalue weighted by atomic mass is 32.1. The zero-order valence-corrected chi connectivity index (χ0v) is 8.14. The highest BCUT2D eigenvalue weighted by molar-refractivity contribution is 7.80. The van der Waals surface area contributed by atoms with Crippen LogP contribution in [0.1, 0.15) is 6.42 Å². The standard InChI is InChI=1S/C7H16N2O2S/c1-9-6(2-5-12)7(10)11-4-3-8/h6,9,12H,2-5,8H2,1H3. The Morgan fingerprint density at radius 1 is 1.75 bits per heavy atom. The van der Waals surface area contributed by atoms with Crippen LogP contribution in [0.3, 0.4) is 0 Å². The van der Waals surface area contributed by atoms with E-state index in [1.54, 1.807) is 7.05 Å². The second kappa shape index (κ2) is 7.39. The van der Waals surface area contributed by atoms with Crippen molar-refractivity contribution in [2.24, 2.45) is 5.73 Å². The molecule has 0 spiro atoms. The van der Waals surface area contributed by atoms with Gasteiger partial charge in [0.2, 0.25) is 0 Å². The van der Waals surface area contributed by atoms with Gasteiger partial charge in [0.05, 0.1) is 0 Å². The number of esters is 1. The first-order valence-corrected chi connectivity index (χ1v) is 4.54. The molecule has 3 N–H and O–H groups in total. The van der Waals surface area contributed by atoms with Crippen LogP contribution >= 0.6 is 12.6 Å². The molecule has 0 aliphatic rings. The Bertz CT molecular complexity index is 133. The SMILES string of the molecule is CNC(CCS)C(=O)OCCN. The van der Waals surface area contributed by atoms with Crippen LogP contribution in [-0.2, 0) is 9.53 Å². The Hall–Kier alpha value is -0.260. The lowest BCUT2D eigenvalue weighted by Gasteiger charge is -2.13. The number of carbonyl (C=O) groups is 1. The Balaban J connectivity index is 3.69. The molecular weight excluding hydrogens is 176 g/mol. The first-order valence-electron chi connectivity index (χ1n) is 3.91. The minimum Gasteiger partial charge on any atom is -0.463 e. The fraction of sp³-hybridized carbons (Fsp3) is 0.857. The molecule has 0 rings (SSSR count). The largest absolute Gasteiger partial charge is 0.463 e. The van der Waals surface area contributed by atoms with Gasteiger partial charge >= 0.3 is 5.97 Å².